The van der Waals surface area contributed by atoms with Gasteiger partial charge in [0.15, 0.2) is 12.6 Å². The van der Waals surface area contributed by atoms with Crippen LogP contribution in [0.3, 0.4) is 0 Å². The molecule has 1 aromatic rings. The number of hydrogen-bond acceptors (Lipinski definition) is 15. The molecule has 1 aromatic carbocycles. The van der Waals surface area contributed by atoms with Crippen LogP contribution in [0.4, 0.5) is 0 Å². The SMILES string of the molecule is CCC1CC(C(=O)CCc2ccc(CN)cc2)C[C@@H](O[C@@H]2O[C@@H](CO)[C@H](O)C(O[C@@H](CC3CCCCC3)C(=O)[O-])C2NC(C)=O)[C@@H]1O[C@@H]1OC(C)[C@@H](O)[C@H](O)C1O.[Na+]. The number of benzene rings is 1. The summed E-state index contributed by atoms with van der Waals surface area (Å²) in [5.74, 6) is -2.87. The van der Waals surface area contributed by atoms with Crippen LogP contribution >= 0.6 is 0 Å². The molecule has 4 aliphatic rings. The molecule has 4 fully saturated rings. The maximum absolute atomic E-state index is 13.9. The molecule has 16 nitrogen and oxygen atoms in total. The molecule has 0 spiro atoms. The number of amides is 1. The third-order valence-corrected chi connectivity index (χ3v) is 12.3. The van der Waals surface area contributed by atoms with E-state index in [1.807, 2.05) is 31.2 Å². The quantitative estimate of drug-likeness (QED) is 0.0761. The zero-order chi connectivity index (χ0) is 41.4. The fourth-order valence-corrected chi connectivity index (χ4v) is 8.93. The normalized spacial score (nSPS) is 36.4. The first-order valence-corrected chi connectivity index (χ1v) is 20.6. The molecule has 2 saturated carbocycles. The Morgan fingerprint density at radius 1 is 0.914 bits per heavy atom. The zero-order valence-corrected chi connectivity index (χ0v) is 36.2. The fraction of sp³-hybridized carbons (Fsp3) is 0.780. The monoisotopic (exact) mass is 830 g/mol. The van der Waals surface area contributed by atoms with Crippen molar-refractivity contribution >= 4 is 17.7 Å². The van der Waals surface area contributed by atoms with Crippen LogP contribution in [0, 0.1) is 17.8 Å². The van der Waals surface area contributed by atoms with E-state index in [0.29, 0.717) is 25.8 Å². The molecule has 0 aromatic heterocycles. The van der Waals surface area contributed by atoms with Crippen LogP contribution in [-0.2, 0) is 51.0 Å². The molecular formula is C41H63N2NaO14. The second-order valence-corrected chi connectivity index (χ2v) is 16.4. The summed E-state index contributed by atoms with van der Waals surface area (Å²) < 4.78 is 31.1. The maximum Gasteiger partial charge on any atom is 1.00 e. The number of Topliss-reactive ketones (excluding diaryl/α,β-unsaturated/α-hetero) is 1. The average Bonchev–Trinajstić information content (AvgIpc) is 3.20. The summed E-state index contributed by atoms with van der Waals surface area (Å²) in [7, 11) is 0. The molecule has 0 radical (unpaired) electrons. The Hall–Kier alpha value is -1.61. The summed E-state index contributed by atoms with van der Waals surface area (Å²) in [4.78, 5) is 39.1. The largest absolute Gasteiger partial charge is 1.00 e. The van der Waals surface area contributed by atoms with Gasteiger partial charge in [-0.1, -0.05) is 69.7 Å². The Balaban J connectivity index is 0.00000744. The van der Waals surface area contributed by atoms with Crippen LogP contribution in [0.5, 0.6) is 0 Å². The predicted molar refractivity (Wildman–Crippen MR) is 200 cm³/mol. The van der Waals surface area contributed by atoms with Crippen molar-refractivity contribution in [3.8, 4) is 0 Å². The van der Waals surface area contributed by atoms with Crippen molar-refractivity contribution < 1.29 is 98.3 Å². The van der Waals surface area contributed by atoms with Gasteiger partial charge in [0.1, 0.15) is 48.4 Å². The molecule has 8 N–H and O–H groups in total. The molecule has 58 heavy (non-hydrogen) atoms. The number of carboxylic acids is 1. The van der Waals surface area contributed by atoms with Crippen LogP contribution in [-0.4, -0.2) is 129 Å². The van der Waals surface area contributed by atoms with Crippen LogP contribution in [0.2, 0.25) is 0 Å². The summed E-state index contributed by atoms with van der Waals surface area (Å²) in [6.45, 7) is 4.37. The maximum atomic E-state index is 13.9. The number of ether oxygens (including phenoxy) is 5. The summed E-state index contributed by atoms with van der Waals surface area (Å²) in [5.41, 5.74) is 7.69. The molecule has 2 aliphatic carbocycles. The van der Waals surface area contributed by atoms with Gasteiger partial charge in [-0.25, -0.2) is 0 Å². The molecule has 17 heteroatoms. The summed E-state index contributed by atoms with van der Waals surface area (Å²) in [6, 6.07) is 6.43. The number of carboxylic acid groups (broad SMARTS) is 1. The molecule has 1 amide bonds. The van der Waals surface area contributed by atoms with Gasteiger partial charge in [0.25, 0.3) is 0 Å². The Kier molecular flexibility index (Phi) is 19.5. The Morgan fingerprint density at radius 3 is 2.19 bits per heavy atom. The number of hydrogen-bond donors (Lipinski definition) is 7. The molecule has 2 aliphatic heterocycles. The number of nitrogens with two attached hydrogens (primary N) is 1. The van der Waals surface area contributed by atoms with Gasteiger partial charge in [0.2, 0.25) is 5.91 Å². The van der Waals surface area contributed by atoms with Gasteiger partial charge in [0, 0.05) is 25.8 Å². The van der Waals surface area contributed by atoms with Crippen LogP contribution in [0.25, 0.3) is 0 Å². The summed E-state index contributed by atoms with van der Waals surface area (Å²) in [5, 5.41) is 68.8. The van der Waals surface area contributed by atoms with Crippen molar-refractivity contribution in [2.24, 2.45) is 23.5 Å². The number of rotatable bonds is 17. The van der Waals surface area contributed by atoms with E-state index in [1.54, 1.807) is 0 Å². The van der Waals surface area contributed by atoms with E-state index in [9.17, 15) is 45.0 Å². The number of carbonyl (C=O) groups is 3. The minimum Gasteiger partial charge on any atom is -0.547 e. The van der Waals surface area contributed by atoms with Gasteiger partial charge in [-0.3, -0.25) is 9.59 Å². The average molecular weight is 831 g/mol. The van der Waals surface area contributed by atoms with Gasteiger partial charge in [-0.15, -0.1) is 0 Å². The topological polar surface area (TPSA) is 260 Å². The van der Waals surface area contributed by atoms with Crippen molar-refractivity contribution in [3.05, 3.63) is 35.4 Å². The van der Waals surface area contributed by atoms with Gasteiger partial charge in [0.05, 0.1) is 37.0 Å². The van der Waals surface area contributed by atoms with E-state index in [4.69, 9.17) is 29.4 Å². The van der Waals surface area contributed by atoms with Gasteiger partial charge in [-0.2, -0.15) is 0 Å². The molecule has 6 unspecified atom stereocenters. The summed E-state index contributed by atoms with van der Waals surface area (Å²) >= 11 is 0. The number of nitrogens with one attached hydrogen (secondary N) is 1. The third kappa shape index (κ3) is 12.5. The number of aliphatic hydroxyl groups is 5. The van der Waals surface area contributed by atoms with E-state index in [1.165, 1.54) is 13.8 Å². The van der Waals surface area contributed by atoms with Crippen molar-refractivity contribution in [1.29, 1.82) is 0 Å². The zero-order valence-electron chi connectivity index (χ0n) is 34.2. The molecule has 5 rings (SSSR count). The van der Waals surface area contributed by atoms with Crippen molar-refractivity contribution in [2.45, 2.75) is 178 Å². The Labute approximate surface area is 362 Å². The first kappa shape index (κ1) is 49.0. The van der Waals surface area contributed by atoms with E-state index in [-0.39, 0.29) is 66.4 Å². The Morgan fingerprint density at radius 2 is 1.59 bits per heavy atom. The molecular weight excluding hydrogens is 767 g/mol. The summed E-state index contributed by atoms with van der Waals surface area (Å²) in [6.07, 6.45) is -9.51. The third-order valence-electron chi connectivity index (χ3n) is 12.3. The Bertz CT molecular complexity index is 1450. The second-order valence-electron chi connectivity index (χ2n) is 16.4. The first-order chi connectivity index (χ1) is 27.2. The van der Waals surface area contributed by atoms with E-state index >= 15 is 0 Å². The number of aliphatic hydroxyl groups excluding tert-OH is 5. The number of aryl methyl sites for hydroxylation is 1. The van der Waals surface area contributed by atoms with E-state index in [0.717, 1.165) is 43.2 Å². The number of carbonyl (C=O) groups excluding carboxylic acids is 3. The van der Waals surface area contributed by atoms with Crippen LogP contribution in [0.1, 0.15) is 96.1 Å². The second kappa shape index (κ2) is 23.0. The van der Waals surface area contributed by atoms with Gasteiger partial charge >= 0.3 is 29.6 Å². The molecule has 15 atom stereocenters. The minimum absolute atomic E-state index is 0. The fourth-order valence-electron chi connectivity index (χ4n) is 8.93. The van der Waals surface area contributed by atoms with Crippen molar-refractivity contribution in [3.63, 3.8) is 0 Å². The minimum atomic E-state index is -1.63. The smallest absolute Gasteiger partial charge is 0.547 e. The van der Waals surface area contributed by atoms with Crippen LogP contribution in [0.15, 0.2) is 24.3 Å². The number of aliphatic carboxylic acids is 1. The van der Waals surface area contributed by atoms with Crippen LogP contribution < -0.4 is 45.7 Å². The van der Waals surface area contributed by atoms with Crippen molar-refractivity contribution in [2.75, 3.05) is 6.61 Å². The molecule has 2 heterocycles. The number of ketones is 1. The molecule has 322 valence electrons. The standard InChI is InChI=1S/C41H64N2O14.Na/c1-4-26-17-27(28(46)15-14-23-10-12-25(19-42)13-11-23)18-29(37(26)57-41-36(50)35(49)33(47)21(2)53-41)55-40-32(43-22(3)45)38(34(48)31(20-44)56-40)54-30(39(51)52)16-24-8-6-5-7-9-24;/h10-13,21,24,26-27,29-38,40-41,44,47-50H,4-9,14-20,42H2,1-3H3,(H,43,45)(H,51,52);/q;+1/p-1/t21?,26?,27?,29-,30+,31+,32?,33-,34+,35+,36?,37-,38?,40-,41+;/m1./s1. The van der Waals surface area contributed by atoms with Gasteiger partial charge in [-0.05, 0) is 55.6 Å². The molecule has 2 saturated heterocycles. The molecule has 0 bridgehead atoms. The van der Waals surface area contributed by atoms with Crippen molar-refractivity contribution in [1.82, 2.24) is 5.32 Å². The predicted octanol–water partition coefficient (Wildman–Crippen LogP) is -3.26. The van der Waals surface area contributed by atoms with E-state index < -0.39 is 104 Å². The first-order valence-electron chi connectivity index (χ1n) is 20.6. The van der Waals surface area contributed by atoms with Gasteiger partial charge < -0.3 is 70.2 Å². The van der Waals surface area contributed by atoms with E-state index in [2.05, 4.69) is 5.32 Å².